The third-order valence-corrected chi connectivity index (χ3v) is 2.47. The van der Waals surface area contributed by atoms with Crippen LogP contribution in [0.25, 0.3) is 11.0 Å². The van der Waals surface area contributed by atoms with Crippen molar-refractivity contribution in [3.8, 4) is 0 Å². The molecule has 2 aromatic rings. The summed E-state index contributed by atoms with van der Waals surface area (Å²) < 4.78 is 38.5. The predicted molar refractivity (Wildman–Crippen MR) is 58.0 cm³/mol. The summed E-state index contributed by atoms with van der Waals surface area (Å²) in [5.41, 5.74) is 0.884. The second-order valence-corrected chi connectivity index (χ2v) is 3.91. The Bertz CT molecular complexity index is 521. The van der Waals surface area contributed by atoms with Gasteiger partial charge in [-0.1, -0.05) is 0 Å². The molecule has 0 aliphatic rings. The second-order valence-electron chi connectivity index (χ2n) is 3.53. The molecule has 17 heavy (non-hydrogen) atoms. The number of aromatic nitrogens is 3. The van der Waals surface area contributed by atoms with E-state index in [1.165, 1.54) is 18.5 Å². The Hall–Kier alpha value is -1.30. The van der Waals surface area contributed by atoms with E-state index in [9.17, 15) is 13.2 Å². The SMILES string of the molecule is FC(F)(F)Cn1c(CCCl)nc2cnccc21. The predicted octanol–water partition coefficient (Wildman–Crippen LogP) is 2.77. The molecule has 7 heteroatoms. The summed E-state index contributed by atoms with van der Waals surface area (Å²) in [5, 5.41) is 0. The third kappa shape index (κ3) is 2.69. The monoisotopic (exact) mass is 263 g/mol. The normalized spacial score (nSPS) is 12.2. The van der Waals surface area contributed by atoms with Gasteiger partial charge in [-0.15, -0.1) is 11.6 Å². The number of alkyl halides is 4. The van der Waals surface area contributed by atoms with E-state index in [1.807, 2.05) is 0 Å². The Morgan fingerprint density at radius 3 is 2.76 bits per heavy atom. The van der Waals surface area contributed by atoms with Crippen molar-refractivity contribution in [1.29, 1.82) is 0 Å². The molecule has 0 fully saturated rings. The van der Waals surface area contributed by atoms with Crippen molar-refractivity contribution < 1.29 is 13.2 Å². The number of halogens is 4. The number of hydrogen-bond acceptors (Lipinski definition) is 2. The first kappa shape index (κ1) is 12.2. The first-order valence-electron chi connectivity index (χ1n) is 4.93. The number of pyridine rings is 1. The van der Waals surface area contributed by atoms with Gasteiger partial charge in [0, 0.05) is 18.5 Å². The van der Waals surface area contributed by atoms with Gasteiger partial charge in [-0.3, -0.25) is 4.98 Å². The van der Waals surface area contributed by atoms with Crippen LogP contribution in [0.3, 0.4) is 0 Å². The standard InChI is InChI=1S/C10H9ClF3N3/c11-3-1-9-16-7-5-15-4-2-8(7)17(9)6-10(12,13)14/h2,4-5H,1,3,6H2. The lowest BCUT2D eigenvalue weighted by molar-refractivity contribution is -0.140. The van der Waals surface area contributed by atoms with E-state index >= 15 is 0 Å². The average Bonchev–Trinajstić information content (AvgIpc) is 2.56. The molecule has 3 nitrogen and oxygen atoms in total. The summed E-state index contributed by atoms with van der Waals surface area (Å²) in [6, 6.07) is 1.52. The summed E-state index contributed by atoms with van der Waals surface area (Å²) in [4.78, 5) is 7.94. The van der Waals surface area contributed by atoms with Crippen LogP contribution in [0.1, 0.15) is 5.82 Å². The van der Waals surface area contributed by atoms with Crippen molar-refractivity contribution in [2.24, 2.45) is 0 Å². The minimum atomic E-state index is -4.28. The molecule has 2 aromatic heterocycles. The molecule has 0 aromatic carbocycles. The molecule has 0 aliphatic heterocycles. The van der Waals surface area contributed by atoms with Crippen LogP contribution in [0.15, 0.2) is 18.5 Å². The zero-order valence-corrected chi connectivity index (χ0v) is 9.46. The lowest BCUT2D eigenvalue weighted by Crippen LogP contribution is -2.19. The number of nitrogens with zero attached hydrogens (tertiary/aromatic N) is 3. The zero-order valence-electron chi connectivity index (χ0n) is 8.71. The highest BCUT2D eigenvalue weighted by atomic mass is 35.5. The molecule has 0 aliphatic carbocycles. The van der Waals surface area contributed by atoms with Gasteiger partial charge in [0.15, 0.2) is 0 Å². The molecule has 2 rings (SSSR count). The van der Waals surface area contributed by atoms with Gasteiger partial charge in [-0.25, -0.2) is 4.98 Å². The summed E-state index contributed by atoms with van der Waals surface area (Å²) in [6.45, 7) is -1.06. The number of hydrogen-bond donors (Lipinski definition) is 0. The smallest absolute Gasteiger partial charge is 0.319 e. The van der Waals surface area contributed by atoms with Crippen LogP contribution in [0.2, 0.25) is 0 Å². The van der Waals surface area contributed by atoms with Crippen molar-refractivity contribution in [3.05, 3.63) is 24.3 Å². The Labute approximate surface area is 100 Å². The highest BCUT2D eigenvalue weighted by Crippen LogP contribution is 2.23. The molecule has 0 radical (unpaired) electrons. The van der Waals surface area contributed by atoms with E-state index in [2.05, 4.69) is 9.97 Å². The fraction of sp³-hybridized carbons (Fsp3) is 0.400. The van der Waals surface area contributed by atoms with E-state index < -0.39 is 12.7 Å². The minimum absolute atomic E-state index is 0.231. The Balaban J connectivity index is 2.51. The first-order chi connectivity index (χ1) is 8.01. The van der Waals surface area contributed by atoms with Crippen molar-refractivity contribution >= 4 is 22.6 Å². The van der Waals surface area contributed by atoms with Crippen LogP contribution < -0.4 is 0 Å². The van der Waals surface area contributed by atoms with Gasteiger partial charge in [0.25, 0.3) is 0 Å². The lowest BCUT2D eigenvalue weighted by atomic mass is 10.4. The van der Waals surface area contributed by atoms with Gasteiger partial charge in [-0.05, 0) is 6.07 Å². The molecule has 0 bridgehead atoms. The summed E-state index contributed by atoms with van der Waals surface area (Å²) >= 11 is 5.56. The van der Waals surface area contributed by atoms with E-state index in [0.717, 1.165) is 4.57 Å². The Morgan fingerprint density at radius 2 is 2.12 bits per heavy atom. The Kier molecular flexibility index (Phi) is 3.24. The number of imidazole rings is 1. The fourth-order valence-electron chi connectivity index (χ4n) is 1.66. The quantitative estimate of drug-likeness (QED) is 0.797. The zero-order chi connectivity index (χ0) is 12.5. The van der Waals surface area contributed by atoms with E-state index in [-0.39, 0.29) is 5.88 Å². The molecule has 92 valence electrons. The highest BCUT2D eigenvalue weighted by molar-refractivity contribution is 6.17. The summed E-state index contributed by atoms with van der Waals surface area (Å²) in [6.07, 6.45) is -1.09. The lowest BCUT2D eigenvalue weighted by Gasteiger charge is -2.11. The van der Waals surface area contributed by atoms with Crippen LogP contribution in [0, 0.1) is 0 Å². The number of fused-ring (bicyclic) bond motifs is 1. The van der Waals surface area contributed by atoms with E-state index in [0.29, 0.717) is 23.3 Å². The van der Waals surface area contributed by atoms with Gasteiger partial charge < -0.3 is 4.57 Å². The van der Waals surface area contributed by atoms with Gasteiger partial charge in [0.05, 0.1) is 11.7 Å². The van der Waals surface area contributed by atoms with Crippen LogP contribution in [0.5, 0.6) is 0 Å². The topological polar surface area (TPSA) is 30.7 Å². The molecule has 0 saturated carbocycles. The van der Waals surface area contributed by atoms with Crippen LogP contribution in [-0.4, -0.2) is 26.6 Å². The number of aryl methyl sites for hydroxylation is 1. The molecule has 0 saturated heterocycles. The van der Waals surface area contributed by atoms with Crippen molar-refractivity contribution in [1.82, 2.24) is 14.5 Å². The van der Waals surface area contributed by atoms with Crippen molar-refractivity contribution in [2.75, 3.05) is 5.88 Å². The molecule has 0 N–H and O–H groups in total. The molecule has 0 spiro atoms. The van der Waals surface area contributed by atoms with Gasteiger partial charge in [-0.2, -0.15) is 13.2 Å². The van der Waals surface area contributed by atoms with Crippen LogP contribution in [0.4, 0.5) is 13.2 Å². The minimum Gasteiger partial charge on any atom is -0.319 e. The average molecular weight is 264 g/mol. The maximum Gasteiger partial charge on any atom is 0.406 e. The highest BCUT2D eigenvalue weighted by Gasteiger charge is 2.30. The molecule has 0 amide bonds. The first-order valence-corrected chi connectivity index (χ1v) is 5.46. The molecule has 2 heterocycles. The van der Waals surface area contributed by atoms with Crippen LogP contribution >= 0.6 is 11.6 Å². The summed E-state index contributed by atoms with van der Waals surface area (Å²) in [7, 11) is 0. The van der Waals surface area contributed by atoms with E-state index in [1.54, 1.807) is 0 Å². The Morgan fingerprint density at radius 1 is 1.35 bits per heavy atom. The van der Waals surface area contributed by atoms with Crippen molar-refractivity contribution in [3.63, 3.8) is 0 Å². The maximum absolute atomic E-state index is 12.5. The number of rotatable bonds is 3. The van der Waals surface area contributed by atoms with Crippen LogP contribution in [-0.2, 0) is 13.0 Å². The van der Waals surface area contributed by atoms with Gasteiger partial charge in [0.1, 0.15) is 17.9 Å². The largest absolute Gasteiger partial charge is 0.406 e. The fourth-order valence-corrected chi connectivity index (χ4v) is 1.83. The molecule has 0 atom stereocenters. The van der Waals surface area contributed by atoms with E-state index in [4.69, 9.17) is 11.6 Å². The third-order valence-electron chi connectivity index (χ3n) is 2.29. The molecular weight excluding hydrogens is 255 g/mol. The maximum atomic E-state index is 12.5. The van der Waals surface area contributed by atoms with Gasteiger partial charge in [0.2, 0.25) is 0 Å². The second kappa shape index (κ2) is 4.52. The van der Waals surface area contributed by atoms with Crippen molar-refractivity contribution in [2.45, 2.75) is 19.1 Å². The summed E-state index contributed by atoms with van der Waals surface area (Å²) in [5.74, 6) is 0.564. The molecule has 0 unspecified atom stereocenters. The van der Waals surface area contributed by atoms with Gasteiger partial charge >= 0.3 is 6.18 Å². The molecular formula is C10H9ClF3N3.